The Kier molecular flexibility index (Phi) is 5.03. The Morgan fingerprint density at radius 3 is 2.48 bits per heavy atom. The maximum atomic E-state index is 12.6. The minimum absolute atomic E-state index is 0.00284. The first-order chi connectivity index (χ1) is 12.0. The zero-order chi connectivity index (χ0) is 17.9. The van der Waals surface area contributed by atoms with Crippen LogP contribution in [0.1, 0.15) is 0 Å². The third kappa shape index (κ3) is 3.98. The van der Waals surface area contributed by atoms with E-state index in [0.29, 0.717) is 16.1 Å². The molecule has 130 valence electrons. The van der Waals surface area contributed by atoms with Gasteiger partial charge in [0.15, 0.2) is 0 Å². The van der Waals surface area contributed by atoms with Crippen LogP contribution in [-0.2, 0) is 10.0 Å². The summed E-state index contributed by atoms with van der Waals surface area (Å²) in [5.41, 5.74) is 1.10. The summed E-state index contributed by atoms with van der Waals surface area (Å²) >= 11 is 5.87. The average Bonchev–Trinajstić information content (AvgIpc) is 2.59. The number of hydrogen-bond acceptors (Lipinski definition) is 5. The summed E-state index contributed by atoms with van der Waals surface area (Å²) in [5.74, 6) is 0.102. The molecular weight excluding hydrogens is 364 g/mol. The van der Waals surface area contributed by atoms with E-state index >= 15 is 0 Å². The number of nitrogens with one attached hydrogen (secondary N) is 1. The standard InChI is InChI=1S/C16H14ClN4O3S/c17-11-4-3-5-12(10-11)25(23,24)21-16-15(18-8-9-22)19-13-6-1-2-7-14(13)20-16/h1-7,10,22H,8-9H2,(H-,18,19,20,21)/q-1. The lowest BCUT2D eigenvalue weighted by Crippen LogP contribution is -2.15. The van der Waals surface area contributed by atoms with E-state index in [0.717, 1.165) is 0 Å². The molecule has 1 heterocycles. The molecule has 0 spiro atoms. The molecule has 0 aliphatic rings. The first-order valence-electron chi connectivity index (χ1n) is 7.33. The van der Waals surface area contributed by atoms with Crippen molar-refractivity contribution in [1.82, 2.24) is 9.97 Å². The SMILES string of the molecule is O=S(=O)(Nc1nc2ccccc2nc1[N-]CCO)c1cccc(Cl)c1. The van der Waals surface area contributed by atoms with Crippen LogP contribution in [0.2, 0.25) is 5.02 Å². The molecule has 3 rings (SSSR count). The van der Waals surface area contributed by atoms with Gasteiger partial charge < -0.3 is 15.4 Å². The maximum Gasteiger partial charge on any atom is 0.263 e. The Bertz CT molecular complexity index is 1010. The summed E-state index contributed by atoms with van der Waals surface area (Å²) in [6.45, 7) is -0.103. The van der Waals surface area contributed by atoms with Crippen molar-refractivity contribution in [3.05, 3.63) is 58.9 Å². The Labute approximate surface area is 149 Å². The zero-order valence-corrected chi connectivity index (χ0v) is 14.5. The highest BCUT2D eigenvalue weighted by molar-refractivity contribution is 7.92. The second kappa shape index (κ2) is 7.22. The highest BCUT2D eigenvalue weighted by atomic mass is 35.5. The number of nitrogens with zero attached hydrogens (tertiary/aromatic N) is 3. The van der Waals surface area contributed by atoms with Crippen molar-refractivity contribution in [3.8, 4) is 0 Å². The summed E-state index contributed by atoms with van der Waals surface area (Å²) in [4.78, 5) is 8.62. The number of hydrogen-bond donors (Lipinski definition) is 2. The number of halogens is 1. The third-order valence-electron chi connectivity index (χ3n) is 3.25. The van der Waals surface area contributed by atoms with E-state index in [1.54, 1.807) is 36.4 Å². The fourth-order valence-corrected chi connectivity index (χ4v) is 3.45. The Hall–Kier alpha value is -2.42. The Balaban J connectivity index is 2.04. The van der Waals surface area contributed by atoms with Gasteiger partial charge in [-0.25, -0.2) is 13.4 Å². The van der Waals surface area contributed by atoms with E-state index in [4.69, 9.17) is 16.7 Å². The molecule has 0 aliphatic heterocycles. The Morgan fingerprint density at radius 1 is 1.08 bits per heavy atom. The van der Waals surface area contributed by atoms with E-state index in [2.05, 4.69) is 20.0 Å². The van der Waals surface area contributed by atoms with Crippen LogP contribution < -0.4 is 4.72 Å². The van der Waals surface area contributed by atoms with Crippen molar-refractivity contribution in [2.75, 3.05) is 17.9 Å². The third-order valence-corrected chi connectivity index (χ3v) is 4.82. The van der Waals surface area contributed by atoms with Crippen LogP contribution in [0.5, 0.6) is 0 Å². The van der Waals surface area contributed by atoms with Crippen molar-refractivity contribution in [2.24, 2.45) is 0 Å². The summed E-state index contributed by atoms with van der Waals surface area (Å²) in [5, 5.41) is 13.4. The summed E-state index contributed by atoms with van der Waals surface area (Å²) in [6.07, 6.45) is 0. The van der Waals surface area contributed by atoms with Crippen molar-refractivity contribution in [1.29, 1.82) is 0 Å². The smallest absolute Gasteiger partial charge is 0.263 e. The molecule has 0 amide bonds. The zero-order valence-electron chi connectivity index (χ0n) is 12.9. The van der Waals surface area contributed by atoms with Crippen LogP contribution in [0, 0.1) is 0 Å². The average molecular weight is 378 g/mol. The summed E-state index contributed by atoms with van der Waals surface area (Å²) in [7, 11) is -3.91. The fraction of sp³-hybridized carbons (Fsp3) is 0.125. The van der Waals surface area contributed by atoms with E-state index in [9.17, 15) is 8.42 Å². The van der Waals surface area contributed by atoms with Crippen LogP contribution in [-0.4, -0.2) is 36.6 Å². The lowest BCUT2D eigenvalue weighted by atomic mass is 10.3. The number of para-hydroxylation sites is 2. The summed E-state index contributed by atoms with van der Waals surface area (Å²) in [6, 6.07) is 12.9. The highest BCUT2D eigenvalue weighted by Gasteiger charge is 2.16. The molecule has 25 heavy (non-hydrogen) atoms. The van der Waals surface area contributed by atoms with Gasteiger partial charge in [-0.1, -0.05) is 35.9 Å². The predicted octanol–water partition coefficient (Wildman–Crippen LogP) is 3.08. The lowest BCUT2D eigenvalue weighted by molar-refractivity contribution is 0.313. The van der Waals surface area contributed by atoms with Crippen molar-refractivity contribution in [2.45, 2.75) is 4.90 Å². The minimum Gasteiger partial charge on any atom is -0.460 e. The fourth-order valence-electron chi connectivity index (χ4n) is 2.15. The minimum atomic E-state index is -3.91. The normalized spacial score (nSPS) is 11.4. The van der Waals surface area contributed by atoms with E-state index < -0.39 is 10.0 Å². The molecule has 0 aliphatic carbocycles. The van der Waals surface area contributed by atoms with Gasteiger partial charge in [0.1, 0.15) is 5.82 Å². The molecule has 0 radical (unpaired) electrons. The molecule has 1 aromatic heterocycles. The second-order valence-electron chi connectivity index (χ2n) is 5.05. The van der Waals surface area contributed by atoms with Gasteiger partial charge in [-0.2, -0.15) is 0 Å². The number of aliphatic hydroxyl groups is 1. The van der Waals surface area contributed by atoms with Gasteiger partial charge in [-0.3, -0.25) is 4.72 Å². The quantitative estimate of drug-likeness (QED) is 0.686. The van der Waals surface area contributed by atoms with E-state index in [1.807, 2.05) is 0 Å². The number of aromatic nitrogens is 2. The molecule has 9 heteroatoms. The number of sulfonamides is 1. The second-order valence-corrected chi connectivity index (χ2v) is 7.17. The van der Waals surface area contributed by atoms with Gasteiger partial charge in [0.25, 0.3) is 10.0 Å². The number of aliphatic hydroxyl groups excluding tert-OH is 1. The van der Waals surface area contributed by atoms with Crippen molar-refractivity contribution >= 4 is 44.3 Å². The van der Waals surface area contributed by atoms with Gasteiger partial charge in [0.05, 0.1) is 10.4 Å². The number of rotatable bonds is 6. The number of anilines is 1. The highest BCUT2D eigenvalue weighted by Crippen LogP contribution is 2.29. The van der Waals surface area contributed by atoms with Crippen LogP contribution in [0.25, 0.3) is 16.4 Å². The molecule has 0 unspecified atom stereocenters. The molecule has 0 saturated heterocycles. The van der Waals surface area contributed by atoms with E-state index in [1.165, 1.54) is 12.1 Å². The first-order valence-corrected chi connectivity index (χ1v) is 9.19. The van der Waals surface area contributed by atoms with Crippen LogP contribution in [0.15, 0.2) is 53.4 Å². The molecule has 3 aromatic rings. The maximum absolute atomic E-state index is 12.6. The molecular formula is C16H14ClN4O3S-. The van der Waals surface area contributed by atoms with Crippen molar-refractivity contribution in [3.63, 3.8) is 0 Å². The summed E-state index contributed by atoms with van der Waals surface area (Å²) < 4.78 is 27.6. The van der Waals surface area contributed by atoms with Gasteiger partial charge in [-0.05, 0) is 42.1 Å². The topological polar surface area (TPSA) is 106 Å². The molecule has 0 saturated carbocycles. The Morgan fingerprint density at radius 2 is 1.80 bits per heavy atom. The van der Waals surface area contributed by atoms with Gasteiger partial charge in [0.2, 0.25) is 0 Å². The van der Waals surface area contributed by atoms with E-state index in [-0.39, 0.29) is 29.7 Å². The van der Waals surface area contributed by atoms with Gasteiger partial charge >= 0.3 is 0 Å². The monoisotopic (exact) mass is 377 g/mol. The molecule has 0 fully saturated rings. The van der Waals surface area contributed by atoms with Crippen LogP contribution in [0.4, 0.5) is 11.6 Å². The molecule has 2 N–H and O–H groups in total. The molecule has 2 aromatic carbocycles. The number of fused-ring (bicyclic) bond motifs is 1. The van der Waals surface area contributed by atoms with Gasteiger partial charge in [-0.15, -0.1) is 0 Å². The largest absolute Gasteiger partial charge is 0.460 e. The first kappa shape index (κ1) is 17.4. The molecule has 0 bridgehead atoms. The molecule has 0 atom stereocenters. The van der Waals surface area contributed by atoms with Crippen LogP contribution >= 0.6 is 11.6 Å². The number of benzene rings is 2. The van der Waals surface area contributed by atoms with Crippen LogP contribution in [0.3, 0.4) is 0 Å². The van der Waals surface area contributed by atoms with Crippen molar-refractivity contribution < 1.29 is 13.5 Å². The molecule has 7 nitrogen and oxygen atoms in total. The van der Waals surface area contributed by atoms with Gasteiger partial charge in [0, 0.05) is 11.6 Å². The lowest BCUT2D eigenvalue weighted by Gasteiger charge is -2.20. The predicted molar refractivity (Wildman–Crippen MR) is 96.8 cm³/mol.